The minimum Gasteiger partial charge on any atom is -0.569 e. The monoisotopic (exact) mass is 684 g/mol. The highest BCUT2D eigenvalue weighted by atomic mass is 32.2. The molecule has 0 spiro atoms. The molecular formula is C29H35F3N6O8S. The van der Waals surface area contributed by atoms with Crippen LogP contribution in [0.5, 0.6) is 0 Å². The molecule has 14 nitrogen and oxygen atoms in total. The Hall–Kier alpha value is -4.87. The van der Waals surface area contributed by atoms with Gasteiger partial charge in [-0.3, -0.25) is 4.79 Å². The highest BCUT2D eigenvalue weighted by Gasteiger charge is 2.35. The summed E-state index contributed by atoms with van der Waals surface area (Å²) in [5.41, 5.74) is 0.491. The molecule has 0 aliphatic heterocycles. The lowest BCUT2D eigenvalue weighted by Crippen LogP contribution is -2.45. The van der Waals surface area contributed by atoms with Crippen LogP contribution in [0.1, 0.15) is 39.0 Å². The van der Waals surface area contributed by atoms with E-state index in [0.29, 0.717) is 5.56 Å². The number of nitrogens with one attached hydrogen (secondary N) is 1. The number of amides is 1. The van der Waals surface area contributed by atoms with Crippen LogP contribution < -0.4 is 4.72 Å². The molecule has 47 heavy (non-hydrogen) atoms. The average Bonchev–Trinajstić information content (AvgIpc) is 3.45. The quantitative estimate of drug-likeness (QED) is 0.0631. The maximum atomic E-state index is 13.5. The van der Waals surface area contributed by atoms with Crippen molar-refractivity contribution in [1.82, 2.24) is 19.5 Å². The summed E-state index contributed by atoms with van der Waals surface area (Å²) in [4.78, 5) is 28.3. The van der Waals surface area contributed by atoms with Gasteiger partial charge in [0, 0.05) is 5.56 Å². The lowest BCUT2D eigenvalue weighted by Gasteiger charge is -2.26. The van der Waals surface area contributed by atoms with Crippen molar-refractivity contribution in [2.24, 2.45) is 17.1 Å². The fourth-order valence-electron chi connectivity index (χ4n) is 4.01. The van der Waals surface area contributed by atoms with Crippen LogP contribution in [-0.2, 0) is 35.3 Å². The molecule has 1 atom stereocenters. The summed E-state index contributed by atoms with van der Waals surface area (Å²) in [5.74, 6) is -1.26. The zero-order valence-electron chi connectivity index (χ0n) is 26.4. The largest absolute Gasteiger partial charge is 0.569 e. The molecule has 18 heteroatoms. The highest BCUT2D eigenvalue weighted by Crippen LogP contribution is 2.33. The van der Waals surface area contributed by atoms with E-state index in [0.717, 1.165) is 33.5 Å². The minimum absolute atomic E-state index is 0.0505. The summed E-state index contributed by atoms with van der Waals surface area (Å²) in [5, 5.41) is 20.3. The van der Waals surface area contributed by atoms with Crippen molar-refractivity contribution in [3.05, 3.63) is 71.1 Å². The van der Waals surface area contributed by atoms with E-state index in [1.807, 2.05) is 6.92 Å². The van der Waals surface area contributed by atoms with Gasteiger partial charge in [0.15, 0.2) is 5.69 Å². The van der Waals surface area contributed by atoms with Crippen molar-refractivity contribution in [3.8, 4) is 16.9 Å². The lowest BCUT2D eigenvalue weighted by atomic mass is 10.1. The molecule has 1 aromatic heterocycles. The van der Waals surface area contributed by atoms with Gasteiger partial charge < -0.3 is 19.5 Å². The zero-order chi connectivity index (χ0) is 35.1. The first kappa shape index (κ1) is 36.6. The molecular weight excluding hydrogens is 649 g/mol. The smallest absolute Gasteiger partial charge is 0.435 e. The Balaban J connectivity index is 1.69. The number of aromatic nitrogens is 2. The first-order chi connectivity index (χ1) is 21.9. The van der Waals surface area contributed by atoms with Gasteiger partial charge in [0.25, 0.3) is 16.8 Å². The summed E-state index contributed by atoms with van der Waals surface area (Å²) in [6.07, 6.45) is -6.07. The van der Waals surface area contributed by atoms with E-state index in [1.54, 1.807) is 56.7 Å². The molecule has 0 saturated heterocycles. The molecule has 0 bridgehead atoms. The fourth-order valence-corrected chi connectivity index (χ4v) is 4.90. The second-order valence-corrected chi connectivity index (χ2v) is 12.7. The van der Waals surface area contributed by atoms with Gasteiger partial charge in [0.05, 0.1) is 34.2 Å². The molecule has 0 aliphatic rings. The SMILES string of the molecule is Cc1ccc(-c2cc(C(F)(F)F)nn2-c2ccc(S(=O)(=O)NC(=O)OC[C@H](C(C)C)N(C)/[N+]([O-])=N/OCOC(=O)C(C)C)cc2)cc1. The van der Waals surface area contributed by atoms with Gasteiger partial charge in [-0.1, -0.05) is 57.5 Å². The van der Waals surface area contributed by atoms with E-state index >= 15 is 0 Å². The van der Waals surface area contributed by atoms with Crippen molar-refractivity contribution in [3.63, 3.8) is 0 Å². The Morgan fingerprint density at radius 1 is 1.06 bits per heavy atom. The molecule has 0 fully saturated rings. The Labute approximate surface area is 269 Å². The number of hydrogen-bond acceptors (Lipinski definition) is 10. The summed E-state index contributed by atoms with van der Waals surface area (Å²) >= 11 is 0. The van der Waals surface area contributed by atoms with E-state index < -0.39 is 59.3 Å². The van der Waals surface area contributed by atoms with E-state index in [4.69, 9.17) is 14.3 Å². The molecule has 2 aromatic carbocycles. The van der Waals surface area contributed by atoms with Crippen molar-refractivity contribution >= 4 is 22.1 Å². The summed E-state index contributed by atoms with van der Waals surface area (Å²) < 4.78 is 78.9. The third kappa shape index (κ3) is 9.81. The number of halogens is 3. The number of aryl methyl sites for hydroxylation is 1. The van der Waals surface area contributed by atoms with E-state index in [1.165, 1.54) is 19.2 Å². The number of rotatable bonds is 13. The number of sulfonamides is 1. The van der Waals surface area contributed by atoms with Crippen LogP contribution in [-0.4, -0.2) is 66.7 Å². The van der Waals surface area contributed by atoms with Gasteiger partial charge in [0.2, 0.25) is 5.28 Å². The third-order valence-corrected chi connectivity index (χ3v) is 8.04. The van der Waals surface area contributed by atoms with Crippen molar-refractivity contribution in [1.29, 1.82) is 0 Å². The molecule has 0 saturated carbocycles. The number of alkyl halides is 3. The van der Waals surface area contributed by atoms with Gasteiger partial charge >= 0.3 is 18.2 Å². The molecule has 0 radical (unpaired) electrons. The van der Waals surface area contributed by atoms with Crippen LogP contribution in [0.3, 0.4) is 0 Å². The molecule has 0 unspecified atom stereocenters. The number of ether oxygens (including phenoxy) is 2. The summed E-state index contributed by atoms with van der Waals surface area (Å²) in [6, 6.07) is 11.5. The fraction of sp³-hybridized carbons (Fsp3) is 0.414. The molecule has 1 heterocycles. The standard InChI is InChI=1S/C29H35F3N6O8S/c1-18(2)25(36(6)38(41)35-46-17-45-27(39)19(3)4)16-44-28(40)34-47(42,43)23-13-11-22(12-14-23)37-24(15-26(33-37)29(30,31)32)21-9-7-20(5)8-10-21/h7-15,18-19,25H,16-17H2,1-6H3,(H,34,40)/b38-35-/t25-/m1/s1. The molecule has 3 rings (SSSR count). The van der Waals surface area contributed by atoms with E-state index in [2.05, 4.69) is 10.4 Å². The number of hydrogen-bond donors (Lipinski definition) is 1. The Kier molecular flexibility index (Phi) is 11.8. The Morgan fingerprint density at radius 3 is 2.23 bits per heavy atom. The second kappa shape index (κ2) is 15.1. The van der Waals surface area contributed by atoms with Gasteiger partial charge in [-0.2, -0.15) is 18.3 Å². The Morgan fingerprint density at radius 2 is 1.68 bits per heavy atom. The molecule has 3 aromatic rings. The number of nitrogens with zero attached hydrogens (tertiary/aromatic N) is 5. The number of carbonyl (C=O) groups is 2. The number of hydrazine groups is 1. The number of benzene rings is 2. The maximum Gasteiger partial charge on any atom is 0.435 e. The first-order valence-electron chi connectivity index (χ1n) is 14.1. The van der Waals surface area contributed by atoms with Crippen LogP contribution >= 0.6 is 0 Å². The second-order valence-electron chi connectivity index (χ2n) is 11.0. The lowest BCUT2D eigenvalue weighted by molar-refractivity contribution is -0.715. The maximum absolute atomic E-state index is 13.5. The van der Waals surface area contributed by atoms with Gasteiger partial charge in [-0.15, -0.1) is 5.01 Å². The predicted octanol–water partition coefficient (Wildman–Crippen LogP) is 5.20. The summed E-state index contributed by atoms with van der Waals surface area (Å²) in [7, 11) is -3.15. The van der Waals surface area contributed by atoms with Gasteiger partial charge in [-0.05, 0) is 43.2 Å². The molecule has 256 valence electrons. The molecule has 0 aliphatic carbocycles. The number of esters is 1. The molecule has 1 N–H and O–H groups in total. The van der Waals surface area contributed by atoms with Crippen LogP contribution in [0.2, 0.25) is 0 Å². The third-order valence-electron chi connectivity index (χ3n) is 6.71. The minimum atomic E-state index is -4.72. The van der Waals surface area contributed by atoms with Gasteiger partial charge in [-0.25, -0.2) is 22.6 Å². The van der Waals surface area contributed by atoms with Crippen molar-refractivity contribution < 1.29 is 50.5 Å². The average molecular weight is 685 g/mol. The predicted molar refractivity (Wildman–Crippen MR) is 160 cm³/mol. The Bertz CT molecular complexity index is 1680. The van der Waals surface area contributed by atoms with Crippen LogP contribution in [0.4, 0.5) is 18.0 Å². The normalized spacial score (nSPS) is 13.0. The first-order valence-corrected chi connectivity index (χ1v) is 15.6. The number of carbonyl (C=O) groups excluding carboxylic acids is 2. The zero-order valence-corrected chi connectivity index (χ0v) is 27.2. The number of likely N-dealkylation sites (N-methyl/N-ethyl adjacent to an activating group) is 1. The van der Waals surface area contributed by atoms with Crippen molar-refractivity contribution in [2.45, 2.75) is 51.7 Å². The van der Waals surface area contributed by atoms with Crippen LogP contribution in [0.25, 0.3) is 16.9 Å². The van der Waals surface area contributed by atoms with Crippen molar-refractivity contribution in [2.75, 3.05) is 20.4 Å². The van der Waals surface area contributed by atoms with Crippen LogP contribution in [0, 0.1) is 24.0 Å². The van der Waals surface area contributed by atoms with Crippen LogP contribution in [0.15, 0.2) is 64.8 Å². The van der Waals surface area contributed by atoms with E-state index in [9.17, 15) is 36.4 Å². The summed E-state index contributed by atoms with van der Waals surface area (Å²) in [6.45, 7) is 7.44. The topological polar surface area (TPSA) is 167 Å². The van der Waals surface area contributed by atoms with Gasteiger partial charge in [0.1, 0.15) is 12.6 Å². The highest BCUT2D eigenvalue weighted by molar-refractivity contribution is 7.90. The molecule has 1 amide bonds. The van der Waals surface area contributed by atoms with E-state index in [-0.39, 0.29) is 27.2 Å².